The monoisotopic (exact) mass is 868 g/mol. The normalized spacial score (nSPS) is 23.9. The third kappa shape index (κ3) is 11.0. The lowest BCUT2D eigenvalue weighted by molar-refractivity contribution is -0.133. The lowest BCUT2D eigenvalue weighted by Crippen LogP contribution is -2.60. The summed E-state index contributed by atoms with van der Waals surface area (Å²) in [5.74, 6) is -4.70. The van der Waals surface area contributed by atoms with Gasteiger partial charge >= 0.3 is 11.9 Å². The third-order valence-electron chi connectivity index (χ3n) is 9.86. The van der Waals surface area contributed by atoms with Crippen LogP contribution in [0.25, 0.3) is 6.08 Å². The number of nitrogens with one attached hydrogen (secondary N) is 2. The summed E-state index contributed by atoms with van der Waals surface area (Å²) in [7, 11) is 0. The Morgan fingerprint density at radius 2 is 1.85 bits per heavy atom. The molecule has 0 aliphatic carbocycles. The number of hydrogen-bond acceptors (Lipinski definition) is 15. The fourth-order valence-electron chi connectivity index (χ4n) is 6.36. The Balaban J connectivity index is 1.34. The van der Waals surface area contributed by atoms with Crippen molar-refractivity contribution in [1.82, 2.24) is 19.9 Å². The summed E-state index contributed by atoms with van der Waals surface area (Å²) >= 11 is -0.493. The Hall–Kier alpha value is -5.08. The molecule has 19 heteroatoms. The predicted molar refractivity (Wildman–Crippen MR) is 219 cm³/mol. The average Bonchev–Trinajstić information content (AvgIpc) is 3.89. The standard InChI is InChI=1S/C40H44N4O12S3/c1-24-14-16-40(39(4,52)36(49)58-23-32-26(3)55-38(51)56-32)19-34(48)44(59(40)53)25(2)35-43-28(22-57-35)12-8-9-13-30(45)29(18-24)31(46)20-42-33(47)15-17-41-37(50)54-21-27-10-6-5-7-11-27/h5-13,18,22,25,29,52H,14-17,19-21,23H2,1-4H3,(H,41,50)(H,42,47)/b12-8-,13-9-,24-18-/t25-,29-,39+,40-,59?/m1/s1. The van der Waals surface area contributed by atoms with Crippen molar-refractivity contribution in [2.45, 2.75) is 82.1 Å². The number of alkyl carbamates (subject to hydrolysis) is 1. The van der Waals surface area contributed by atoms with E-state index in [1.807, 2.05) is 18.2 Å². The van der Waals surface area contributed by atoms with Crippen molar-refractivity contribution in [2.75, 3.05) is 13.1 Å². The second-order valence-corrected chi connectivity index (χ2v) is 17.6. The van der Waals surface area contributed by atoms with Gasteiger partial charge in [-0.15, -0.1) is 11.3 Å². The molecule has 5 rings (SSSR count). The van der Waals surface area contributed by atoms with E-state index in [2.05, 4.69) is 15.6 Å². The minimum Gasteiger partial charge on any atom is -0.592 e. The van der Waals surface area contributed by atoms with E-state index in [9.17, 15) is 43.2 Å². The number of thiazole rings is 1. The van der Waals surface area contributed by atoms with Crippen molar-refractivity contribution in [3.05, 3.63) is 104 Å². The van der Waals surface area contributed by atoms with Crippen molar-refractivity contribution in [3.63, 3.8) is 0 Å². The summed E-state index contributed by atoms with van der Waals surface area (Å²) < 4.78 is 28.9. The number of rotatable bonds is 12. The highest BCUT2D eigenvalue weighted by atomic mass is 32.2. The Kier molecular flexibility index (Phi) is 15.1. The molecule has 1 saturated heterocycles. The maximum atomic E-state index is 14.7. The third-order valence-corrected chi connectivity index (χ3v) is 14.3. The number of aromatic nitrogens is 1. The summed E-state index contributed by atoms with van der Waals surface area (Å²) in [5, 5.41) is 18.4. The SMILES string of the molecule is C/C1=C/[C@@H](C(=O)CNC(=O)CCNC(=O)OCc2ccccc2)C(=O)/C=C\C=C/c2csc(n2)[C@@H](C)N2C(=O)C[C@@]([C@@](C)(O)C(=O)SCc3oc(=O)oc3C)(CC1)[S+]2[O-]. The quantitative estimate of drug-likeness (QED) is 0.130. The molecular formula is C40H44N4O12S3. The van der Waals surface area contributed by atoms with Crippen LogP contribution in [0.5, 0.6) is 0 Å². The minimum atomic E-state index is -2.39. The molecule has 16 nitrogen and oxygen atoms in total. The fraction of sp³-hybridized carbons (Fsp3) is 0.400. The summed E-state index contributed by atoms with van der Waals surface area (Å²) in [6, 6.07) is 8.23. The molecule has 59 heavy (non-hydrogen) atoms. The van der Waals surface area contributed by atoms with E-state index in [0.717, 1.165) is 9.87 Å². The maximum absolute atomic E-state index is 14.7. The van der Waals surface area contributed by atoms with Gasteiger partial charge in [0.2, 0.25) is 11.0 Å². The predicted octanol–water partition coefficient (Wildman–Crippen LogP) is 4.40. The number of ketones is 2. The van der Waals surface area contributed by atoms with Crippen LogP contribution in [-0.4, -0.2) is 77.0 Å². The highest BCUT2D eigenvalue weighted by Crippen LogP contribution is 2.50. The molecule has 1 unspecified atom stereocenters. The van der Waals surface area contributed by atoms with E-state index < -0.39 is 87.0 Å². The molecule has 0 radical (unpaired) electrons. The number of hydrogen-bond donors (Lipinski definition) is 3. The van der Waals surface area contributed by atoms with Crippen LogP contribution in [0.2, 0.25) is 0 Å². The number of aryl methyl sites for hydroxylation is 1. The van der Waals surface area contributed by atoms with E-state index in [4.69, 9.17) is 13.6 Å². The van der Waals surface area contributed by atoms with Gasteiger partial charge in [-0.25, -0.2) is 14.6 Å². The first-order chi connectivity index (χ1) is 28.0. The molecule has 5 atom stereocenters. The van der Waals surface area contributed by atoms with Gasteiger partial charge in [0.05, 0.1) is 35.8 Å². The van der Waals surface area contributed by atoms with Crippen LogP contribution in [0.1, 0.15) is 80.3 Å². The van der Waals surface area contributed by atoms with Crippen LogP contribution >= 0.6 is 23.1 Å². The number of carbonyl (C=O) groups is 6. The molecule has 2 aliphatic heterocycles. The van der Waals surface area contributed by atoms with Crippen LogP contribution in [0, 0.1) is 12.8 Å². The van der Waals surface area contributed by atoms with Crippen LogP contribution in [0.3, 0.4) is 0 Å². The molecule has 314 valence electrons. The number of aliphatic hydroxyl groups is 1. The lowest BCUT2D eigenvalue weighted by atomic mass is 9.81. The van der Waals surface area contributed by atoms with Gasteiger partial charge in [-0.05, 0) is 51.8 Å². The van der Waals surface area contributed by atoms with Crippen molar-refractivity contribution in [1.29, 1.82) is 0 Å². The van der Waals surface area contributed by atoms with Gasteiger partial charge in [0.15, 0.2) is 27.7 Å². The Bertz CT molecular complexity index is 2210. The highest BCUT2D eigenvalue weighted by molar-refractivity contribution is 8.13. The second-order valence-electron chi connectivity index (χ2n) is 14.1. The molecule has 4 bridgehead atoms. The number of Topliss-reactive ketones (excluding diaryl/α,β-unsaturated/α-hetero) is 1. The van der Waals surface area contributed by atoms with E-state index >= 15 is 0 Å². The van der Waals surface area contributed by atoms with Gasteiger partial charge in [0.25, 0.3) is 5.91 Å². The van der Waals surface area contributed by atoms with Gasteiger partial charge in [-0.1, -0.05) is 65.9 Å². The Morgan fingerprint density at radius 1 is 1.12 bits per heavy atom. The molecule has 1 fully saturated rings. The maximum Gasteiger partial charge on any atom is 0.519 e. The average molecular weight is 869 g/mol. The van der Waals surface area contributed by atoms with Crippen molar-refractivity contribution < 1.29 is 52.0 Å². The van der Waals surface area contributed by atoms with E-state index in [1.54, 1.807) is 43.5 Å². The fourth-order valence-corrected chi connectivity index (χ4v) is 10.3. The van der Waals surface area contributed by atoms with Crippen molar-refractivity contribution in [3.8, 4) is 0 Å². The van der Waals surface area contributed by atoms with E-state index in [1.165, 1.54) is 43.4 Å². The van der Waals surface area contributed by atoms with Crippen molar-refractivity contribution in [2.24, 2.45) is 5.92 Å². The number of benzene rings is 1. The van der Waals surface area contributed by atoms with Crippen LogP contribution in [-0.2, 0) is 52.4 Å². The van der Waals surface area contributed by atoms with Crippen LogP contribution < -0.4 is 16.5 Å². The van der Waals surface area contributed by atoms with Crippen LogP contribution in [0.15, 0.2) is 79.2 Å². The van der Waals surface area contributed by atoms with Gasteiger partial charge in [-0.3, -0.25) is 24.0 Å². The number of thioether (sulfide) groups is 1. The largest absolute Gasteiger partial charge is 0.592 e. The molecule has 0 spiro atoms. The summed E-state index contributed by atoms with van der Waals surface area (Å²) in [4.78, 5) is 95.5. The molecule has 3 amide bonds. The summed E-state index contributed by atoms with van der Waals surface area (Å²) in [6.45, 7) is 5.39. The number of amides is 3. The number of fused-ring (bicyclic) bond motifs is 4. The minimum absolute atomic E-state index is 0.00840. The lowest BCUT2D eigenvalue weighted by Gasteiger charge is -2.40. The topological polar surface area (TPSA) is 238 Å². The highest BCUT2D eigenvalue weighted by Gasteiger charge is 2.69. The Labute approximate surface area is 350 Å². The smallest absolute Gasteiger partial charge is 0.519 e. The van der Waals surface area contributed by atoms with Gasteiger partial charge < -0.3 is 33.9 Å². The van der Waals surface area contributed by atoms with Gasteiger partial charge in [0, 0.05) is 24.8 Å². The van der Waals surface area contributed by atoms with E-state index in [0.29, 0.717) is 28.0 Å². The molecule has 4 heterocycles. The number of allylic oxidation sites excluding steroid dienone is 5. The first kappa shape index (κ1) is 45.0. The first-order valence-electron chi connectivity index (χ1n) is 18.5. The zero-order chi connectivity index (χ0) is 42.9. The zero-order valence-corrected chi connectivity index (χ0v) is 35.2. The Morgan fingerprint density at radius 3 is 2.56 bits per heavy atom. The molecule has 2 aliphatic rings. The second kappa shape index (κ2) is 19.8. The molecule has 2 aromatic heterocycles. The summed E-state index contributed by atoms with van der Waals surface area (Å²) in [6.07, 6.45) is 5.65. The zero-order valence-electron chi connectivity index (χ0n) is 32.7. The number of carbonyl (C=O) groups excluding carboxylic acids is 6. The molecule has 3 N–H and O–H groups in total. The van der Waals surface area contributed by atoms with Crippen molar-refractivity contribution >= 4 is 75.1 Å². The molecule has 3 aromatic rings. The molecule has 1 aromatic carbocycles. The van der Waals surface area contributed by atoms with Gasteiger partial charge in [0.1, 0.15) is 29.3 Å². The van der Waals surface area contributed by atoms with Crippen LogP contribution in [0.4, 0.5) is 4.79 Å². The number of nitrogens with zero attached hydrogens (tertiary/aromatic N) is 2. The molecule has 0 saturated carbocycles. The van der Waals surface area contributed by atoms with Gasteiger partial charge in [-0.2, -0.15) is 4.31 Å². The summed E-state index contributed by atoms with van der Waals surface area (Å²) in [5.41, 5.74) is -0.680. The molecular weight excluding hydrogens is 825 g/mol. The number of ether oxygens (including phenoxy) is 1. The van der Waals surface area contributed by atoms with E-state index in [-0.39, 0.29) is 49.7 Å². The first-order valence-corrected chi connectivity index (χ1v) is 21.5.